The Balaban J connectivity index is 1.85. The first-order valence-electron chi connectivity index (χ1n) is 7.21. The molecule has 1 aromatic heterocycles. The van der Waals surface area contributed by atoms with Gasteiger partial charge in [0.1, 0.15) is 0 Å². The summed E-state index contributed by atoms with van der Waals surface area (Å²) in [5.41, 5.74) is 3.61. The zero-order valence-corrected chi connectivity index (χ0v) is 15.8. The van der Waals surface area contributed by atoms with E-state index in [2.05, 4.69) is 10.4 Å². The van der Waals surface area contributed by atoms with Gasteiger partial charge in [0.05, 0.1) is 20.0 Å². The Hall–Kier alpha value is -2.95. The minimum Gasteiger partial charge on any atom is -0.451 e. The fourth-order valence-electron chi connectivity index (χ4n) is 1.75. The molecule has 0 aliphatic heterocycles. The second kappa shape index (κ2) is 9.31. The molecule has 0 unspecified atom stereocenters. The number of nitrogens with one attached hydrogen (secondary N) is 2. The van der Waals surface area contributed by atoms with E-state index >= 15 is 0 Å². The van der Waals surface area contributed by atoms with Crippen LogP contribution in [0.15, 0.2) is 30.5 Å². The van der Waals surface area contributed by atoms with E-state index < -0.39 is 29.3 Å². The number of carbonyl (C=O) groups excluding carboxylic acids is 3. The van der Waals surface area contributed by atoms with Gasteiger partial charge in [-0.2, -0.15) is 0 Å². The Morgan fingerprint density at radius 2 is 1.71 bits per heavy atom. The van der Waals surface area contributed by atoms with Gasteiger partial charge in [0.15, 0.2) is 12.3 Å². The predicted molar refractivity (Wildman–Crippen MR) is 98.3 cm³/mol. The highest BCUT2D eigenvalue weighted by Crippen LogP contribution is 2.31. The molecular weight excluding hydrogens is 439 g/mol. The number of hydrogen-bond donors (Lipinski definition) is 2. The highest BCUT2D eigenvalue weighted by molar-refractivity contribution is 6.48. The van der Waals surface area contributed by atoms with Gasteiger partial charge in [-0.15, -0.1) is 0 Å². The van der Waals surface area contributed by atoms with E-state index in [-0.39, 0.29) is 32.0 Å². The van der Waals surface area contributed by atoms with Crippen molar-refractivity contribution in [3.05, 3.63) is 66.9 Å². The number of ether oxygens (including phenoxy) is 1. The van der Waals surface area contributed by atoms with Gasteiger partial charge >= 0.3 is 5.97 Å². The number of halogens is 3. The highest BCUT2D eigenvalue weighted by atomic mass is 35.5. The van der Waals surface area contributed by atoms with Crippen LogP contribution in [0.4, 0.5) is 5.69 Å². The lowest BCUT2D eigenvalue weighted by Gasteiger charge is -2.09. The van der Waals surface area contributed by atoms with Gasteiger partial charge < -0.3 is 4.74 Å². The van der Waals surface area contributed by atoms with Crippen LogP contribution in [-0.2, 0) is 9.53 Å². The molecular formula is C15H9Cl3N4O6. The quantitative estimate of drug-likeness (QED) is 0.407. The van der Waals surface area contributed by atoms with Crippen molar-refractivity contribution in [3.8, 4) is 0 Å². The van der Waals surface area contributed by atoms with Crippen LogP contribution in [0.25, 0.3) is 0 Å². The SMILES string of the molecule is O=C(COC(=O)c1ncc(Cl)c(Cl)c1Cl)NNC(=O)c1ccc([N+](=O)[O-])cc1. The van der Waals surface area contributed by atoms with Gasteiger partial charge in [-0.3, -0.25) is 30.6 Å². The van der Waals surface area contributed by atoms with E-state index in [4.69, 9.17) is 39.5 Å². The van der Waals surface area contributed by atoms with Crippen molar-refractivity contribution in [1.29, 1.82) is 0 Å². The summed E-state index contributed by atoms with van der Waals surface area (Å²) in [6.45, 7) is -0.752. The molecule has 2 N–H and O–H groups in total. The molecule has 0 aliphatic carbocycles. The third-order valence-electron chi connectivity index (χ3n) is 3.10. The summed E-state index contributed by atoms with van der Waals surface area (Å²) >= 11 is 17.3. The van der Waals surface area contributed by atoms with Crippen LogP contribution >= 0.6 is 34.8 Å². The molecule has 28 heavy (non-hydrogen) atoms. The van der Waals surface area contributed by atoms with Crippen molar-refractivity contribution in [3.63, 3.8) is 0 Å². The molecule has 0 spiro atoms. The normalized spacial score (nSPS) is 10.1. The lowest BCUT2D eigenvalue weighted by Crippen LogP contribution is -2.43. The number of aromatic nitrogens is 1. The predicted octanol–water partition coefficient (Wildman–Crippen LogP) is 2.57. The lowest BCUT2D eigenvalue weighted by molar-refractivity contribution is -0.384. The van der Waals surface area contributed by atoms with Crippen LogP contribution in [-0.4, -0.2) is 34.3 Å². The van der Waals surface area contributed by atoms with Crippen LogP contribution in [0.5, 0.6) is 0 Å². The number of nitrogens with zero attached hydrogens (tertiary/aromatic N) is 2. The molecule has 0 radical (unpaired) electrons. The number of amides is 2. The zero-order chi connectivity index (χ0) is 20.8. The summed E-state index contributed by atoms with van der Waals surface area (Å²) in [6, 6.07) is 4.67. The molecule has 1 aromatic carbocycles. The van der Waals surface area contributed by atoms with Crippen LogP contribution in [0.1, 0.15) is 20.8 Å². The highest BCUT2D eigenvalue weighted by Gasteiger charge is 2.19. The summed E-state index contributed by atoms with van der Waals surface area (Å²) in [4.78, 5) is 49.0. The third-order valence-corrected chi connectivity index (χ3v) is 4.34. The van der Waals surface area contributed by atoms with Gasteiger partial charge in [-0.05, 0) is 12.1 Å². The lowest BCUT2D eigenvalue weighted by atomic mass is 10.2. The molecule has 1 heterocycles. The largest absolute Gasteiger partial charge is 0.451 e. The van der Waals surface area contributed by atoms with E-state index in [1.165, 1.54) is 12.1 Å². The summed E-state index contributed by atoms with van der Waals surface area (Å²) in [7, 11) is 0. The maximum Gasteiger partial charge on any atom is 0.359 e. The number of esters is 1. The number of hydrogen-bond acceptors (Lipinski definition) is 7. The molecule has 0 saturated heterocycles. The molecule has 2 amide bonds. The molecule has 0 bridgehead atoms. The number of nitro groups is 1. The van der Waals surface area contributed by atoms with Crippen molar-refractivity contribution in [2.24, 2.45) is 0 Å². The minimum absolute atomic E-state index is 0.0370. The van der Waals surface area contributed by atoms with Crippen molar-refractivity contribution in [1.82, 2.24) is 15.8 Å². The number of nitro benzene ring substituents is 1. The summed E-state index contributed by atoms with van der Waals surface area (Å²) in [6.07, 6.45) is 1.09. The molecule has 0 fully saturated rings. The average molecular weight is 448 g/mol. The van der Waals surface area contributed by atoms with Gasteiger partial charge in [0, 0.05) is 23.9 Å². The molecule has 13 heteroatoms. The fraction of sp³-hybridized carbons (Fsp3) is 0.0667. The topological polar surface area (TPSA) is 141 Å². The Morgan fingerprint density at radius 3 is 2.32 bits per heavy atom. The van der Waals surface area contributed by atoms with E-state index in [9.17, 15) is 24.5 Å². The van der Waals surface area contributed by atoms with E-state index in [0.717, 1.165) is 18.3 Å². The monoisotopic (exact) mass is 446 g/mol. The van der Waals surface area contributed by atoms with Crippen molar-refractivity contribution in [2.75, 3.05) is 6.61 Å². The van der Waals surface area contributed by atoms with Crippen molar-refractivity contribution < 1.29 is 24.0 Å². The Kier molecular flexibility index (Phi) is 7.10. The number of carbonyl (C=O) groups is 3. The van der Waals surface area contributed by atoms with E-state index in [1.807, 2.05) is 5.43 Å². The molecule has 0 atom stereocenters. The molecule has 146 valence electrons. The first kappa shape index (κ1) is 21.4. The van der Waals surface area contributed by atoms with E-state index in [1.54, 1.807) is 0 Å². The maximum absolute atomic E-state index is 11.9. The van der Waals surface area contributed by atoms with E-state index in [0.29, 0.717) is 0 Å². The number of rotatable bonds is 5. The van der Waals surface area contributed by atoms with Crippen LogP contribution < -0.4 is 10.9 Å². The molecule has 2 aromatic rings. The molecule has 2 rings (SSSR count). The van der Waals surface area contributed by atoms with Gasteiger partial charge in [-0.1, -0.05) is 34.8 Å². The first-order chi connectivity index (χ1) is 13.2. The third kappa shape index (κ3) is 5.28. The fourth-order valence-corrected chi connectivity index (χ4v) is 2.31. The zero-order valence-electron chi connectivity index (χ0n) is 13.6. The Morgan fingerprint density at radius 1 is 1.07 bits per heavy atom. The smallest absolute Gasteiger partial charge is 0.359 e. The van der Waals surface area contributed by atoms with Gasteiger partial charge in [-0.25, -0.2) is 9.78 Å². The Bertz CT molecular complexity index is 952. The van der Waals surface area contributed by atoms with Crippen LogP contribution in [0.2, 0.25) is 15.1 Å². The average Bonchev–Trinajstić information content (AvgIpc) is 2.68. The van der Waals surface area contributed by atoms with Gasteiger partial charge in [0.25, 0.3) is 17.5 Å². The molecule has 0 aliphatic rings. The molecule has 0 saturated carbocycles. The van der Waals surface area contributed by atoms with Crippen molar-refractivity contribution >= 4 is 58.3 Å². The maximum atomic E-state index is 11.9. The minimum atomic E-state index is -1.03. The second-order valence-corrected chi connectivity index (χ2v) is 6.13. The molecule has 10 nitrogen and oxygen atoms in total. The standard InChI is InChI=1S/C15H9Cl3N4O6/c16-9-5-19-13(12(18)11(9)17)15(25)28-6-10(23)20-21-14(24)7-1-3-8(4-2-7)22(26)27/h1-5H,6H2,(H,20,23)(H,21,24). The second-order valence-electron chi connectivity index (χ2n) is 4.97. The summed E-state index contributed by atoms with van der Waals surface area (Å²) in [5.74, 6) is -2.62. The summed E-state index contributed by atoms with van der Waals surface area (Å²) in [5, 5.41) is 10.3. The number of benzene rings is 1. The number of pyridine rings is 1. The van der Waals surface area contributed by atoms with Crippen LogP contribution in [0, 0.1) is 10.1 Å². The number of hydrazine groups is 1. The van der Waals surface area contributed by atoms with Crippen molar-refractivity contribution in [2.45, 2.75) is 0 Å². The number of non-ortho nitro benzene ring substituents is 1. The van der Waals surface area contributed by atoms with Crippen LogP contribution in [0.3, 0.4) is 0 Å². The summed E-state index contributed by atoms with van der Waals surface area (Å²) < 4.78 is 4.72. The first-order valence-corrected chi connectivity index (χ1v) is 8.34. The Labute approximate surface area is 171 Å². The van der Waals surface area contributed by atoms with Gasteiger partial charge in [0.2, 0.25) is 0 Å².